The van der Waals surface area contributed by atoms with Crippen LogP contribution in [0.1, 0.15) is 18.7 Å². The zero-order chi connectivity index (χ0) is 13.1. The fourth-order valence-corrected chi connectivity index (χ4v) is 1.79. The summed E-state index contributed by atoms with van der Waals surface area (Å²) >= 11 is 0. The molecule has 0 saturated heterocycles. The smallest absolute Gasteiger partial charge is 0.124 e. The number of ether oxygens (including phenoxy) is 2. The van der Waals surface area contributed by atoms with Gasteiger partial charge >= 0.3 is 0 Å². The molecule has 0 aliphatic carbocycles. The van der Waals surface area contributed by atoms with E-state index in [2.05, 4.69) is 4.98 Å². The van der Waals surface area contributed by atoms with Crippen LogP contribution in [-0.4, -0.2) is 23.8 Å². The number of methoxy groups -OCH3 is 2. The molecule has 2 aromatic rings. The first kappa shape index (κ1) is 12.4. The molecule has 2 rings (SSSR count). The Bertz CT molecular complexity index is 513. The molecule has 0 fully saturated rings. The minimum atomic E-state index is -0.0929. The second-order valence-electron chi connectivity index (χ2n) is 4.05. The summed E-state index contributed by atoms with van der Waals surface area (Å²) in [7, 11) is 3.25. The normalized spacial score (nSPS) is 12.2. The first-order chi connectivity index (χ1) is 8.65. The highest BCUT2D eigenvalue weighted by Crippen LogP contribution is 2.26. The van der Waals surface area contributed by atoms with Crippen molar-refractivity contribution >= 4 is 0 Å². The van der Waals surface area contributed by atoms with Gasteiger partial charge in [-0.1, -0.05) is 0 Å². The molecular formula is C13H17N3O2. The molecule has 0 unspecified atom stereocenters. The van der Waals surface area contributed by atoms with Crippen molar-refractivity contribution in [3.05, 3.63) is 36.4 Å². The molecule has 1 aromatic carbocycles. The zero-order valence-corrected chi connectivity index (χ0v) is 10.8. The highest BCUT2D eigenvalue weighted by atomic mass is 16.5. The van der Waals surface area contributed by atoms with Crippen molar-refractivity contribution in [3.63, 3.8) is 0 Å². The van der Waals surface area contributed by atoms with Gasteiger partial charge in [0.1, 0.15) is 11.5 Å². The lowest BCUT2D eigenvalue weighted by Gasteiger charge is -2.13. The van der Waals surface area contributed by atoms with Crippen LogP contribution in [0.2, 0.25) is 0 Å². The maximum atomic E-state index is 5.91. The van der Waals surface area contributed by atoms with Crippen LogP contribution in [0.5, 0.6) is 11.5 Å². The third-order valence-corrected chi connectivity index (χ3v) is 2.75. The summed E-state index contributed by atoms with van der Waals surface area (Å²) in [5.74, 6) is 1.46. The van der Waals surface area contributed by atoms with E-state index in [1.807, 2.05) is 29.7 Å². The summed E-state index contributed by atoms with van der Waals surface area (Å²) in [6.07, 6.45) is 3.49. The third-order valence-electron chi connectivity index (χ3n) is 2.75. The number of nitrogens with two attached hydrogens (primary N) is 1. The van der Waals surface area contributed by atoms with Crippen LogP contribution in [0.15, 0.2) is 30.7 Å². The lowest BCUT2D eigenvalue weighted by atomic mass is 10.2. The standard InChI is InChI=1S/C13H17N3O2/c1-9(14)13-7-15-8-16(13)10-4-11(17-2)6-12(5-10)18-3/h4-9H,14H2,1-3H3/t9-/m0/s1. The second kappa shape index (κ2) is 5.10. The predicted molar refractivity (Wildman–Crippen MR) is 69.3 cm³/mol. The molecule has 2 N–H and O–H groups in total. The highest BCUT2D eigenvalue weighted by Gasteiger charge is 2.10. The summed E-state index contributed by atoms with van der Waals surface area (Å²) < 4.78 is 12.4. The van der Waals surface area contributed by atoms with Crippen LogP contribution in [0, 0.1) is 0 Å². The number of hydrogen-bond donors (Lipinski definition) is 1. The topological polar surface area (TPSA) is 62.3 Å². The number of aromatic nitrogens is 2. The number of imidazole rings is 1. The van der Waals surface area contributed by atoms with Crippen molar-refractivity contribution in [2.24, 2.45) is 5.73 Å². The molecular weight excluding hydrogens is 230 g/mol. The first-order valence-corrected chi connectivity index (χ1v) is 5.67. The van der Waals surface area contributed by atoms with Gasteiger partial charge in [-0.3, -0.25) is 0 Å². The van der Waals surface area contributed by atoms with E-state index in [1.54, 1.807) is 26.7 Å². The summed E-state index contributed by atoms with van der Waals surface area (Å²) in [6, 6.07) is 5.56. The summed E-state index contributed by atoms with van der Waals surface area (Å²) in [6.45, 7) is 1.92. The van der Waals surface area contributed by atoms with Crippen LogP contribution >= 0.6 is 0 Å². The average molecular weight is 247 g/mol. The van der Waals surface area contributed by atoms with Crippen LogP contribution in [-0.2, 0) is 0 Å². The molecule has 1 atom stereocenters. The molecule has 0 saturated carbocycles. The summed E-state index contributed by atoms with van der Waals surface area (Å²) in [5, 5.41) is 0. The molecule has 0 radical (unpaired) electrons. The van der Waals surface area contributed by atoms with E-state index in [4.69, 9.17) is 15.2 Å². The lowest BCUT2D eigenvalue weighted by Crippen LogP contribution is -2.10. The molecule has 1 aromatic heterocycles. The van der Waals surface area contributed by atoms with Gasteiger partial charge in [-0.25, -0.2) is 4.98 Å². The SMILES string of the molecule is COc1cc(OC)cc(-n2cncc2[C@H](C)N)c1. The van der Waals surface area contributed by atoms with Gasteiger partial charge in [-0.15, -0.1) is 0 Å². The second-order valence-corrected chi connectivity index (χ2v) is 4.05. The molecule has 18 heavy (non-hydrogen) atoms. The minimum absolute atomic E-state index is 0.0929. The fourth-order valence-electron chi connectivity index (χ4n) is 1.79. The van der Waals surface area contributed by atoms with Gasteiger partial charge in [0.25, 0.3) is 0 Å². The van der Waals surface area contributed by atoms with Gasteiger partial charge in [-0.2, -0.15) is 0 Å². The highest BCUT2D eigenvalue weighted by molar-refractivity contribution is 5.47. The van der Waals surface area contributed by atoms with Gasteiger partial charge in [0.05, 0.1) is 38.1 Å². The van der Waals surface area contributed by atoms with Gasteiger partial charge in [0.2, 0.25) is 0 Å². The van der Waals surface area contributed by atoms with Gasteiger partial charge in [0.15, 0.2) is 0 Å². The van der Waals surface area contributed by atoms with Crippen LogP contribution in [0.25, 0.3) is 5.69 Å². The molecule has 0 aliphatic heterocycles. The van der Waals surface area contributed by atoms with Crippen molar-refractivity contribution in [1.82, 2.24) is 9.55 Å². The Balaban J connectivity index is 2.52. The fraction of sp³-hybridized carbons (Fsp3) is 0.308. The summed E-state index contributed by atoms with van der Waals surface area (Å²) in [5.41, 5.74) is 7.76. The Morgan fingerprint density at radius 3 is 2.28 bits per heavy atom. The molecule has 0 amide bonds. The predicted octanol–water partition coefficient (Wildman–Crippen LogP) is 1.91. The molecule has 0 aliphatic rings. The third kappa shape index (κ3) is 2.31. The summed E-state index contributed by atoms with van der Waals surface area (Å²) in [4.78, 5) is 4.13. The van der Waals surface area contributed by atoms with Gasteiger partial charge in [0, 0.05) is 24.2 Å². The maximum absolute atomic E-state index is 5.91. The van der Waals surface area contributed by atoms with Gasteiger partial charge in [-0.05, 0) is 6.92 Å². The van der Waals surface area contributed by atoms with E-state index in [1.165, 1.54) is 0 Å². The number of rotatable bonds is 4. The minimum Gasteiger partial charge on any atom is -0.497 e. The molecule has 0 spiro atoms. The van der Waals surface area contributed by atoms with E-state index < -0.39 is 0 Å². The number of hydrogen-bond acceptors (Lipinski definition) is 4. The number of nitrogens with zero attached hydrogens (tertiary/aromatic N) is 2. The van der Waals surface area contributed by atoms with Crippen molar-refractivity contribution < 1.29 is 9.47 Å². The number of benzene rings is 1. The van der Waals surface area contributed by atoms with E-state index >= 15 is 0 Å². The molecule has 0 bridgehead atoms. The van der Waals surface area contributed by atoms with Crippen molar-refractivity contribution in [1.29, 1.82) is 0 Å². The van der Waals surface area contributed by atoms with Crippen molar-refractivity contribution in [2.75, 3.05) is 14.2 Å². The van der Waals surface area contributed by atoms with Crippen molar-refractivity contribution in [2.45, 2.75) is 13.0 Å². The monoisotopic (exact) mass is 247 g/mol. The molecule has 96 valence electrons. The molecule has 5 nitrogen and oxygen atoms in total. The Morgan fingerprint density at radius 2 is 1.78 bits per heavy atom. The Kier molecular flexibility index (Phi) is 3.53. The van der Waals surface area contributed by atoms with E-state index in [0.717, 1.165) is 22.9 Å². The Labute approximate surface area is 106 Å². The van der Waals surface area contributed by atoms with Crippen LogP contribution in [0.3, 0.4) is 0 Å². The van der Waals surface area contributed by atoms with Crippen LogP contribution < -0.4 is 15.2 Å². The molecule has 1 heterocycles. The van der Waals surface area contributed by atoms with E-state index in [0.29, 0.717) is 0 Å². The van der Waals surface area contributed by atoms with Gasteiger partial charge < -0.3 is 19.8 Å². The van der Waals surface area contributed by atoms with Crippen LogP contribution in [0.4, 0.5) is 0 Å². The zero-order valence-electron chi connectivity index (χ0n) is 10.8. The van der Waals surface area contributed by atoms with E-state index in [-0.39, 0.29) is 6.04 Å². The van der Waals surface area contributed by atoms with E-state index in [9.17, 15) is 0 Å². The lowest BCUT2D eigenvalue weighted by molar-refractivity contribution is 0.394. The molecule has 5 heteroatoms. The van der Waals surface area contributed by atoms with Crippen molar-refractivity contribution in [3.8, 4) is 17.2 Å². The quantitative estimate of drug-likeness (QED) is 0.896. The Morgan fingerprint density at radius 1 is 1.17 bits per heavy atom. The first-order valence-electron chi connectivity index (χ1n) is 5.67. The Hall–Kier alpha value is -2.01. The average Bonchev–Trinajstić information content (AvgIpc) is 2.87. The maximum Gasteiger partial charge on any atom is 0.124 e. The largest absolute Gasteiger partial charge is 0.497 e.